The Hall–Kier alpha value is -1.35. The second-order valence-electron chi connectivity index (χ2n) is 4.88. The molecule has 1 heterocycles. The Balaban J connectivity index is 2.02. The fourth-order valence-electron chi connectivity index (χ4n) is 2.97. The molecule has 1 aliphatic heterocycles. The third-order valence-electron chi connectivity index (χ3n) is 3.91. The summed E-state index contributed by atoms with van der Waals surface area (Å²) in [6.45, 7) is 1.84. The fraction of sp³-hybridized carbons (Fsp3) is 0.462. The molecular formula is C13H15NO2. The predicted octanol–water partition coefficient (Wildman–Crippen LogP) is 1.50. The summed E-state index contributed by atoms with van der Waals surface area (Å²) in [7, 11) is 0. The number of Topliss-reactive ketones (excluding diaryl/α,β-unsaturated/α-hetero) is 1. The molecule has 0 bridgehead atoms. The van der Waals surface area contributed by atoms with Crippen LogP contribution in [0, 0.1) is 5.41 Å². The highest BCUT2D eigenvalue weighted by atomic mass is 16.3. The van der Waals surface area contributed by atoms with Gasteiger partial charge in [0, 0.05) is 11.0 Å². The second-order valence-corrected chi connectivity index (χ2v) is 4.88. The first kappa shape index (κ1) is 9.85. The van der Waals surface area contributed by atoms with Crippen molar-refractivity contribution >= 4 is 5.78 Å². The maximum Gasteiger partial charge on any atom is 0.169 e. The quantitative estimate of drug-likeness (QED) is 0.692. The molecule has 1 aromatic carbocycles. The van der Waals surface area contributed by atoms with Crippen LogP contribution >= 0.6 is 0 Å². The molecule has 1 spiro atoms. The Morgan fingerprint density at radius 3 is 2.75 bits per heavy atom. The number of carbonyl (C=O) groups is 1. The van der Waals surface area contributed by atoms with Crippen molar-refractivity contribution in [3.8, 4) is 5.75 Å². The van der Waals surface area contributed by atoms with Gasteiger partial charge in [-0.05, 0) is 50.0 Å². The number of rotatable bonds is 0. The molecule has 3 rings (SSSR count). The third kappa shape index (κ3) is 1.28. The summed E-state index contributed by atoms with van der Waals surface area (Å²) in [4.78, 5) is 12.4. The Labute approximate surface area is 94.5 Å². The molecule has 1 aromatic rings. The van der Waals surface area contributed by atoms with Gasteiger partial charge in [0.1, 0.15) is 5.75 Å². The molecular weight excluding hydrogens is 202 g/mol. The smallest absolute Gasteiger partial charge is 0.169 e. The summed E-state index contributed by atoms with van der Waals surface area (Å²) in [5.41, 5.74) is 1.66. The molecule has 0 aromatic heterocycles. The summed E-state index contributed by atoms with van der Waals surface area (Å²) in [6, 6.07) is 5.18. The van der Waals surface area contributed by atoms with Gasteiger partial charge in [0.05, 0.1) is 0 Å². The number of phenols is 1. The molecule has 0 atom stereocenters. The van der Waals surface area contributed by atoms with Crippen LogP contribution in [0.1, 0.15) is 28.8 Å². The molecule has 2 N–H and O–H groups in total. The lowest BCUT2D eigenvalue weighted by atomic mass is 9.75. The van der Waals surface area contributed by atoms with Crippen molar-refractivity contribution < 1.29 is 9.90 Å². The second kappa shape index (κ2) is 3.32. The molecule has 2 aliphatic rings. The monoisotopic (exact) mass is 217 g/mol. The van der Waals surface area contributed by atoms with E-state index in [1.807, 2.05) is 6.07 Å². The van der Waals surface area contributed by atoms with E-state index in [4.69, 9.17) is 0 Å². The Bertz CT molecular complexity index is 447. The van der Waals surface area contributed by atoms with Gasteiger partial charge in [0.2, 0.25) is 0 Å². The maximum absolute atomic E-state index is 12.4. The predicted molar refractivity (Wildman–Crippen MR) is 60.7 cm³/mol. The number of ketones is 1. The van der Waals surface area contributed by atoms with E-state index in [9.17, 15) is 9.90 Å². The van der Waals surface area contributed by atoms with Gasteiger partial charge in [0.15, 0.2) is 5.78 Å². The number of piperidine rings is 1. The van der Waals surface area contributed by atoms with E-state index in [-0.39, 0.29) is 16.9 Å². The highest BCUT2D eigenvalue weighted by molar-refractivity contribution is 6.05. The topological polar surface area (TPSA) is 49.3 Å². The molecule has 3 nitrogen and oxygen atoms in total. The van der Waals surface area contributed by atoms with E-state index in [1.54, 1.807) is 12.1 Å². The van der Waals surface area contributed by atoms with Crippen molar-refractivity contribution in [3.63, 3.8) is 0 Å². The number of hydrogen-bond donors (Lipinski definition) is 2. The van der Waals surface area contributed by atoms with Crippen molar-refractivity contribution in [1.29, 1.82) is 0 Å². The maximum atomic E-state index is 12.4. The molecule has 0 saturated carbocycles. The SMILES string of the molecule is O=C1c2cc(O)ccc2CC12CCNCC2. The zero-order chi connectivity index (χ0) is 11.2. The molecule has 0 unspecified atom stereocenters. The normalized spacial score (nSPS) is 22.4. The molecule has 84 valence electrons. The first-order valence-electron chi connectivity index (χ1n) is 5.79. The van der Waals surface area contributed by atoms with Crippen LogP contribution in [-0.4, -0.2) is 24.0 Å². The lowest BCUT2D eigenvalue weighted by Gasteiger charge is -2.31. The minimum Gasteiger partial charge on any atom is -0.508 e. The summed E-state index contributed by atoms with van der Waals surface area (Å²) in [5, 5.41) is 12.7. The van der Waals surface area contributed by atoms with E-state index >= 15 is 0 Å². The van der Waals surface area contributed by atoms with Crippen molar-refractivity contribution in [3.05, 3.63) is 29.3 Å². The highest BCUT2D eigenvalue weighted by Gasteiger charge is 2.45. The number of aromatic hydroxyl groups is 1. The molecule has 16 heavy (non-hydrogen) atoms. The number of hydrogen-bond acceptors (Lipinski definition) is 3. The number of fused-ring (bicyclic) bond motifs is 1. The fourth-order valence-corrected chi connectivity index (χ4v) is 2.97. The van der Waals surface area contributed by atoms with Crippen LogP contribution in [0.15, 0.2) is 18.2 Å². The molecule has 3 heteroatoms. The van der Waals surface area contributed by atoms with Crippen LogP contribution in [0.5, 0.6) is 5.75 Å². The van der Waals surface area contributed by atoms with E-state index in [0.717, 1.165) is 43.5 Å². The van der Waals surface area contributed by atoms with E-state index in [1.165, 1.54) is 0 Å². The third-order valence-corrected chi connectivity index (χ3v) is 3.91. The molecule has 1 aliphatic carbocycles. The minimum absolute atomic E-state index is 0.179. The van der Waals surface area contributed by atoms with Crippen LogP contribution < -0.4 is 5.32 Å². The highest BCUT2D eigenvalue weighted by Crippen LogP contribution is 2.43. The Kier molecular flexibility index (Phi) is 2.04. The van der Waals surface area contributed by atoms with E-state index in [0.29, 0.717) is 0 Å². The molecule has 0 amide bonds. The lowest BCUT2D eigenvalue weighted by molar-refractivity contribution is 0.0761. The van der Waals surface area contributed by atoms with Crippen LogP contribution in [-0.2, 0) is 6.42 Å². The molecule has 1 fully saturated rings. The van der Waals surface area contributed by atoms with Crippen molar-refractivity contribution in [2.45, 2.75) is 19.3 Å². The molecule has 0 radical (unpaired) electrons. The number of carbonyl (C=O) groups excluding carboxylic acids is 1. The van der Waals surface area contributed by atoms with Crippen molar-refractivity contribution in [2.75, 3.05) is 13.1 Å². The first-order valence-corrected chi connectivity index (χ1v) is 5.79. The molecule has 1 saturated heterocycles. The van der Waals surface area contributed by atoms with Crippen LogP contribution in [0.3, 0.4) is 0 Å². The minimum atomic E-state index is -0.179. The van der Waals surface area contributed by atoms with Gasteiger partial charge in [0.25, 0.3) is 0 Å². The van der Waals surface area contributed by atoms with Gasteiger partial charge in [-0.25, -0.2) is 0 Å². The summed E-state index contributed by atoms with van der Waals surface area (Å²) in [6.07, 6.45) is 2.69. The summed E-state index contributed by atoms with van der Waals surface area (Å²) in [5.74, 6) is 0.429. The lowest BCUT2D eigenvalue weighted by Crippen LogP contribution is -2.40. The zero-order valence-corrected chi connectivity index (χ0v) is 9.12. The van der Waals surface area contributed by atoms with E-state index < -0.39 is 0 Å². The first-order chi connectivity index (χ1) is 7.71. The summed E-state index contributed by atoms with van der Waals surface area (Å²) >= 11 is 0. The Morgan fingerprint density at radius 2 is 2.00 bits per heavy atom. The van der Waals surface area contributed by atoms with Gasteiger partial charge in [-0.3, -0.25) is 4.79 Å². The van der Waals surface area contributed by atoms with Crippen molar-refractivity contribution in [2.24, 2.45) is 5.41 Å². The van der Waals surface area contributed by atoms with Gasteiger partial charge in [-0.1, -0.05) is 6.07 Å². The summed E-state index contributed by atoms with van der Waals surface area (Å²) < 4.78 is 0. The van der Waals surface area contributed by atoms with Crippen molar-refractivity contribution in [1.82, 2.24) is 5.32 Å². The van der Waals surface area contributed by atoms with Crippen LogP contribution in [0.25, 0.3) is 0 Å². The van der Waals surface area contributed by atoms with Gasteiger partial charge in [-0.2, -0.15) is 0 Å². The Morgan fingerprint density at radius 1 is 1.25 bits per heavy atom. The van der Waals surface area contributed by atoms with Crippen LogP contribution in [0.4, 0.5) is 0 Å². The number of benzene rings is 1. The average Bonchev–Trinajstić information content (AvgIpc) is 2.55. The largest absolute Gasteiger partial charge is 0.508 e. The van der Waals surface area contributed by atoms with E-state index in [2.05, 4.69) is 5.32 Å². The number of phenolic OH excluding ortho intramolecular Hbond substituents is 1. The average molecular weight is 217 g/mol. The number of nitrogens with one attached hydrogen (secondary N) is 1. The standard InChI is InChI=1S/C13H15NO2/c15-10-2-1-9-8-13(3-5-14-6-4-13)12(16)11(9)7-10/h1-2,7,14-15H,3-6,8H2. The zero-order valence-electron chi connectivity index (χ0n) is 9.12. The van der Waals surface area contributed by atoms with Gasteiger partial charge >= 0.3 is 0 Å². The van der Waals surface area contributed by atoms with Gasteiger partial charge in [-0.15, -0.1) is 0 Å². The van der Waals surface area contributed by atoms with Crippen LogP contribution in [0.2, 0.25) is 0 Å². The van der Waals surface area contributed by atoms with Gasteiger partial charge < -0.3 is 10.4 Å².